The van der Waals surface area contributed by atoms with Gasteiger partial charge in [0.25, 0.3) is 5.91 Å². The molecule has 2 heterocycles. The lowest BCUT2D eigenvalue weighted by Crippen LogP contribution is -2.82. The molecule has 77 heavy (non-hydrogen) atoms. The molecule has 0 aromatic heterocycles. The van der Waals surface area contributed by atoms with Crippen molar-refractivity contribution in [1.82, 2.24) is 5.32 Å². The maximum Gasteiger partial charge on any atom is 0.339 e. The van der Waals surface area contributed by atoms with Crippen LogP contribution in [-0.4, -0.2) is 128 Å². The number of carbonyl (C=O) groups excluding carboxylic acids is 7. The van der Waals surface area contributed by atoms with Crippen LogP contribution in [0.15, 0.2) is 102 Å². The Morgan fingerprint density at radius 1 is 0.831 bits per heavy atom. The number of ketones is 1. The van der Waals surface area contributed by atoms with Crippen LogP contribution in [0.4, 0.5) is 0 Å². The van der Waals surface area contributed by atoms with Gasteiger partial charge in [0.2, 0.25) is 0 Å². The number of amides is 1. The number of fused-ring (bicyclic) bond motifs is 5. The third kappa shape index (κ3) is 11.0. The predicted octanol–water partition coefficient (Wildman–Crippen LogP) is 6.75. The van der Waals surface area contributed by atoms with Crippen molar-refractivity contribution in [3.05, 3.63) is 119 Å². The highest BCUT2D eigenvalue weighted by molar-refractivity contribution is 6.68. The summed E-state index contributed by atoms with van der Waals surface area (Å²) in [7, 11) is -3.62. The van der Waals surface area contributed by atoms with E-state index in [0.717, 1.165) is 26.7 Å². The third-order valence-corrected chi connectivity index (χ3v) is 20.2. The number of esters is 5. The smallest absolute Gasteiger partial charge is 0.339 e. The number of unbranched alkanes of at least 4 members (excludes halogenated alkanes) is 1. The Hall–Kier alpha value is -6.09. The number of ether oxygens (including phenoxy) is 6. The molecule has 11 atom stereocenters. The minimum absolute atomic E-state index is 0.00269. The van der Waals surface area contributed by atoms with Crippen LogP contribution in [-0.2, 0) is 61.2 Å². The molecule has 1 amide bonds. The van der Waals surface area contributed by atoms with Crippen molar-refractivity contribution in [2.45, 2.75) is 159 Å². The van der Waals surface area contributed by atoms with Gasteiger partial charge in [-0.3, -0.25) is 19.2 Å². The lowest BCUT2D eigenvalue weighted by molar-refractivity contribution is -0.346. The topological polar surface area (TPSA) is 246 Å². The van der Waals surface area contributed by atoms with Gasteiger partial charge in [0.1, 0.15) is 30.5 Å². The molecule has 4 fully saturated rings. The summed E-state index contributed by atoms with van der Waals surface area (Å²) in [5, 5.41) is 29.5. The van der Waals surface area contributed by atoms with Gasteiger partial charge in [-0.15, -0.1) is 0 Å². The fourth-order valence-corrected chi connectivity index (χ4v) is 16.0. The molecule has 2 aliphatic heterocycles. The van der Waals surface area contributed by atoms with E-state index < -0.39 is 134 Å². The molecule has 3 aromatic carbocycles. The summed E-state index contributed by atoms with van der Waals surface area (Å²) in [5.41, 5.74) is -7.08. The molecular formula is C58H71NO17Si. The molecule has 2 saturated carbocycles. The summed E-state index contributed by atoms with van der Waals surface area (Å²) in [5.74, 6) is -7.28. The highest BCUT2D eigenvalue weighted by Crippen LogP contribution is 2.64. The number of hydrogen-bond donors (Lipinski definition) is 3. The molecule has 8 rings (SSSR count). The fourth-order valence-electron chi connectivity index (χ4n) is 12.5. The molecule has 414 valence electrons. The van der Waals surface area contributed by atoms with Crippen LogP contribution in [0, 0.1) is 16.7 Å². The van der Waals surface area contributed by atoms with Gasteiger partial charge in [0.05, 0.1) is 42.3 Å². The quantitative estimate of drug-likeness (QED) is 0.0392. The number of aliphatic hydroxyl groups excluding tert-OH is 1. The van der Waals surface area contributed by atoms with Crippen molar-refractivity contribution in [3.63, 3.8) is 0 Å². The van der Waals surface area contributed by atoms with E-state index in [1.54, 1.807) is 99.6 Å². The number of rotatable bonds is 18. The van der Waals surface area contributed by atoms with Crippen LogP contribution in [0.5, 0.6) is 0 Å². The van der Waals surface area contributed by atoms with Gasteiger partial charge < -0.3 is 52.8 Å². The molecular weight excluding hydrogens is 1010 g/mol. The van der Waals surface area contributed by atoms with Crippen molar-refractivity contribution >= 4 is 50.1 Å². The van der Waals surface area contributed by atoms with E-state index in [-0.39, 0.29) is 41.9 Å². The highest BCUT2D eigenvalue weighted by atomic mass is 28.4. The molecule has 5 aliphatic rings. The number of Topliss-reactive ketones (excluding diaryl/α,β-unsaturated/α-hetero) is 1. The first-order valence-corrected chi connectivity index (χ1v) is 28.8. The van der Waals surface area contributed by atoms with Gasteiger partial charge in [-0.05, 0) is 73.3 Å². The molecule has 3 aromatic rings. The Bertz CT molecular complexity index is 2710. The van der Waals surface area contributed by atoms with Crippen molar-refractivity contribution in [2.24, 2.45) is 16.7 Å². The van der Waals surface area contributed by atoms with Crippen LogP contribution >= 0.6 is 0 Å². The zero-order chi connectivity index (χ0) is 55.5. The molecule has 18 nitrogen and oxygen atoms in total. The predicted molar refractivity (Wildman–Crippen MR) is 278 cm³/mol. The number of aliphatic hydroxyl groups is 2. The SMILES string of the molecule is CCCCOC(=O)CO[Si]1(O[C@@H](C(=O)O[C@H]2C[C@@]3(O)[C@@H](OC(=O)c4ccccc4)C4[C@](C)(C(=O)[C@H](OC(C)=O)C(=C2C)C3(C)C)[C@@H](O)C[C@H]2OC[C@@]42OC(C)=O)[C@H](NC(=O)c2ccccc2)c2ccccc2)CCCCC1. The molecule has 0 radical (unpaired) electrons. The second kappa shape index (κ2) is 23.1. The summed E-state index contributed by atoms with van der Waals surface area (Å²) in [4.78, 5) is 100. The fraction of sp³-hybridized carbons (Fsp3) is 0.534. The average molecular weight is 1080 g/mol. The minimum Gasteiger partial charge on any atom is -0.464 e. The normalized spacial score (nSPS) is 29.8. The lowest BCUT2D eigenvalue weighted by atomic mass is 9.44. The summed E-state index contributed by atoms with van der Waals surface area (Å²) >= 11 is 0. The van der Waals surface area contributed by atoms with E-state index in [2.05, 4.69) is 5.32 Å². The summed E-state index contributed by atoms with van der Waals surface area (Å²) in [6, 6.07) is 24.4. The van der Waals surface area contributed by atoms with Crippen molar-refractivity contribution in [1.29, 1.82) is 0 Å². The van der Waals surface area contributed by atoms with Crippen LogP contribution in [0.1, 0.15) is 126 Å². The summed E-state index contributed by atoms with van der Waals surface area (Å²) < 4.78 is 50.5. The van der Waals surface area contributed by atoms with Crippen LogP contribution in [0.3, 0.4) is 0 Å². The lowest BCUT2D eigenvalue weighted by Gasteiger charge is -2.67. The molecule has 2 saturated heterocycles. The van der Waals surface area contributed by atoms with E-state index in [0.29, 0.717) is 36.9 Å². The molecule has 2 bridgehead atoms. The van der Waals surface area contributed by atoms with Crippen LogP contribution < -0.4 is 5.32 Å². The second-order valence-electron chi connectivity index (χ2n) is 21.8. The first-order chi connectivity index (χ1) is 36.6. The molecule has 19 heteroatoms. The zero-order valence-corrected chi connectivity index (χ0v) is 45.8. The van der Waals surface area contributed by atoms with Crippen molar-refractivity contribution < 1.29 is 81.0 Å². The van der Waals surface area contributed by atoms with E-state index in [4.69, 9.17) is 37.3 Å². The Morgan fingerprint density at radius 3 is 2.04 bits per heavy atom. The monoisotopic (exact) mass is 1080 g/mol. The Kier molecular flexibility index (Phi) is 17.1. The molecule has 3 N–H and O–H groups in total. The van der Waals surface area contributed by atoms with Crippen LogP contribution in [0.25, 0.3) is 0 Å². The van der Waals surface area contributed by atoms with Crippen LogP contribution in [0.2, 0.25) is 12.1 Å². The second-order valence-corrected chi connectivity index (χ2v) is 25.1. The third-order valence-electron chi connectivity index (χ3n) is 16.6. The van der Waals surface area contributed by atoms with Gasteiger partial charge in [-0.1, -0.05) is 113 Å². The van der Waals surface area contributed by atoms with E-state index in [9.17, 15) is 34.2 Å². The minimum atomic E-state index is -3.62. The first-order valence-electron chi connectivity index (χ1n) is 26.6. The van der Waals surface area contributed by atoms with E-state index >= 15 is 9.59 Å². The highest BCUT2D eigenvalue weighted by Gasteiger charge is 2.78. The zero-order valence-electron chi connectivity index (χ0n) is 44.8. The molecule has 0 spiro atoms. The molecule has 1 unspecified atom stereocenters. The number of benzene rings is 3. The standard InChI is InChI=1S/C58H71NO17Si/c1-8-9-28-69-44(63)33-71-77(29-20-13-21-30-77)76-48(46(38-22-14-10-15-23-38)59-52(65)39-24-16-11-17-25-39)54(67)73-41-32-58(68)51(74-53(66)40-26-18-12-19-27-40)49-56(7,42(62)31-43-57(49,34-70-43)75-37(4)61)50(64)47(72-36(3)60)45(35(41)2)55(58,5)6/h10-12,14-19,22-27,41-43,46-49,51,62,68H,8-9,13,20-21,28-34H2,1-7H3,(H,59,65)/t41-,42-,43+,46+,47+,48+,49?,51-,56+,57-,58+/m0/s1. The summed E-state index contributed by atoms with van der Waals surface area (Å²) in [6.07, 6.45) is -6.80. The molecule has 3 aliphatic carbocycles. The van der Waals surface area contributed by atoms with Crippen molar-refractivity contribution in [2.75, 3.05) is 19.8 Å². The number of hydrogen-bond acceptors (Lipinski definition) is 17. The van der Waals surface area contributed by atoms with E-state index in [1.165, 1.54) is 19.1 Å². The van der Waals surface area contributed by atoms with Gasteiger partial charge in [-0.25, -0.2) is 14.4 Å². The Morgan fingerprint density at radius 2 is 1.45 bits per heavy atom. The first kappa shape index (κ1) is 57.1. The summed E-state index contributed by atoms with van der Waals surface area (Å²) in [6.45, 7) is 9.82. The largest absolute Gasteiger partial charge is 0.464 e. The van der Waals surface area contributed by atoms with Crippen molar-refractivity contribution in [3.8, 4) is 0 Å². The number of nitrogens with one attached hydrogen (secondary N) is 1. The Balaban J connectivity index is 1.30. The Labute approximate surface area is 449 Å². The van der Waals surface area contributed by atoms with Gasteiger partial charge >= 0.3 is 38.4 Å². The van der Waals surface area contributed by atoms with Gasteiger partial charge in [0, 0.05) is 37.7 Å². The van der Waals surface area contributed by atoms with Gasteiger partial charge in [-0.2, -0.15) is 0 Å². The average Bonchev–Trinajstić information content (AvgIpc) is 3.41. The maximum absolute atomic E-state index is 15.9. The maximum atomic E-state index is 15.9. The number of carbonyl (C=O) groups is 7. The van der Waals surface area contributed by atoms with Gasteiger partial charge in [0.15, 0.2) is 23.6 Å². The van der Waals surface area contributed by atoms with E-state index in [1.807, 2.05) is 6.92 Å².